The van der Waals surface area contributed by atoms with Crippen LogP contribution in [0, 0.1) is 0 Å². The molecule has 2 aromatic rings. The van der Waals surface area contributed by atoms with Crippen molar-refractivity contribution in [3.63, 3.8) is 0 Å². The molecular weight excluding hydrogens is 260 g/mol. The zero-order valence-corrected chi connectivity index (χ0v) is 12.7. The fourth-order valence-electron chi connectivity index (χ4n) is 3.05. The molecule has 0 amide bonds. The lowest BCUT2D eigenvalue weighted by Gasteiger charge is -2.19. The Hall–Kier alpha value is -1.81. The quantitative estimate of drug-likeness (QED) is 0.905. The van der Waals surface area contributed by atoms with E-state index in [1.807, 2.05) is 6.07 Å². The lowest BCUT2D eigenvalue weighted by Crippen LogP contribution is -2.26. The average molecular weight is 284 g/mol. The number of likely N-dealkylation sites (tertiary alicyclic amines) is 1. The fourth-order valence-corrected chi connectivity index (χ4v) is 3.05. The highest BCUT2D eigenvalue weighted by Crippen LogP contribution is 2.22. The number of benzene rings is 1. The van der Waals surface area contributed by atoms with Gasteiger partial charge in [-0.3, -0.25) is 5.10 Å². The summed E-state index contributed by atoms with van der Waals surface area (Å²) in [5, 5.41) is 10.8. The zero-order valence-electron chi connectivity index (χ0n) is 12.7. The SMILES string of the molecule is CCN1CCCC(Nc2cccc(-c3ccn[nH]3)c2)CC1. The summed E-state index contributed by atoms with van der Waals surface area (Å²) < 4.78 is 0. The van der Waals surface area contributed by atoms with Gasteiger partial charge >= 0.3 is 0 Å². The van der Waals surface area contributed by atoms with Crippen LogP contribution in [-0.4, -0.2) is 40.8 Å². The summed E-state index contributed by atoms with van der Waals surface area (Å²) in [6.45, 7) is 5.86. The third-order valence-electron chi connectivity index (χ3n) is 4.31. The first-order valence-corrected chi connectivity index (χ1v) is 7.94. The summed E-state index contributed by atoms with van der Waals surface area (Å²) in [6.07, 6.45) is 5.55. The summed E-state index contributed by atoms with van der Waals surface area (Å²) in [6, 6.07) is 11.2. The van der Waals surface area contributed by atoms with Crippen LogP contribution in [0.4, 0.5) is 5.69 Å². The van der Waals surface area contributed by atoms with Gasteiger partial charge in [-0.15, -0.1) is 0 Å². The molecule has 2 N–H and O–H groups in total. The van der Waals surface area contributed by atoms with E-state index >= 15 is 0 Å². The predicted molar refractivity (Wildman–Crippen MR) is 87.4 cm³/mol. The topological polar surface area (TPSA) is 44.0 Å². The Labute approximate surface area is 126 Å². The Bertz CT molecular complexity index is 550. The summed E-state index contributed by atoms with van der Waals surface area (Å²) in [5.41, 5.74) is 3.45. The van der Waals surface area contributed by atoms with Crippen LogP contribution in [0.15, 0.2) is 36.5 Å². The van der Waals surface area contributed by atoms with E-state index in [4.69, 9.17) is 0 Å². The fraction of sp³-hybridized carbons (Fsp3) is 0.471. The summed E-state index contributed by atoms with van der Waals surface area (Å²) in [5.74, 6) is 0. The average Bonchev–Trinajstić information content (AvgIpc) is 2.96. The lowest BCUT2D eigenvalue weighted by atomic mass is 10.1. The van der Waals surface area contributed by atoms with Crippen molar-refractivity contribution in [1.82, 2.24) is 15.1 Å². The van der Waals surface area contributed by atoms with Crippen molar-refractivity contribution in [3.05, 3.63) is 36.5 Å². The standard InChI is InChI=1S/C17H24N4/c1-2-21-11-4-7-15(9-12-21)19-16-6-3-5-14(13-16)17-8-10-18-20-17/h3,5-6,8,10,13,15,19H,2,4,7,9,11-12H2,1H3,(H,18,20). The van der Waals surface area contributed by atoms with E-state index in [2.05, 4.69) is 51.6 Å². The Morgan fingerprint density at radius 2 is 2.24 bits per heavy atom. The van der Waals surface area contributed by atoms with Gasteiger partial charge in [0.1, 0.15) is 0 Å². The molecule has 4 nitrogen and oxygen atoms in total. The number of nitrogens with one attached hydrogen (secondary N) is 2. The van der Waals surface area contributed by atoms with Gasteiger partial charge in [-0.2, -0.15) is 5.10 Å². The molecule has 0 spiro atoms. The maximum Gasteiger partial charge on any atom is 0.0650 e. The lowest BCUT2D eigenvalue weighted by molar-refractivity contribution is 0.300. The van der Waals surface area contributed by atoms with Crippen molar-refractivity contribution in [1.29, 1.82) is 0 Å². The van der Waals surface area contributed by atoms with Crippen LogP contribution in [0.5, 0.6) is 0 Å². The van der Waals surface area contributed by atoms with Crippen LogP contribution >= 0.6 is 0 Å². The summed E-state index contributed by atoms with van der Waals surface area (Å²) in [7, 11) is 0. The number of hydrogen-bond donors (Lipinski definition) is 2. The van der Waals surface area contributed by atoms with Crippen molar-refractivity contribution in [2.24, 2.45) is 0 Å². The predicted octanol–water partition coefficient (Wildman–Crippen LogP) is 3.36. The van der Waals surface area contributed by atoms with E-state index in [0.29, 0.717) is 6.04 Å². The molecule has 1 saturated heterocycles. The van der Waals surface area contributed by atoms with E-state index in [9.17, 15) is 0 Å². The van der Waals surface area contributed by atoms with E-state index in [1.54, 1.807) is 6.20 Å². The smallest absolute Gasteiger partial charge is 0.0650 e. The molecular formula is C17H24N4. The number of nitrogens with zero attached hydrogens (tertiary/aromatic N) is 2. The molecule has 0 aliphatic carbocycles. The molecule has 1 aromatic carbocycles. The molecule has 1 aliphatic rings. The van der Waals surface area contributed by atoms with Crippen LogP contribution in [-0.2, 0) is 0 Å². The first-order chi connectivity index (χ1) is 10.3. The van der Waals surface area contributed by atoms with Gasteiger partial charge in [-0.1, -0.05) is 19.1 Å². The van der Waals surface area contributed by atoms with Crippen molar-refractivity contribution in [2.45, 2.75) is 32.2 Å². The van der Waals surface area contributed by atoms with Gasteiger partial charge in [-0.05, 0) is 50.6 Å². The molecule has 0 bridgehead atoms. The number of H-pyrrole nitrogens is 1. The molecule has 2 heterocycles. The Kier molecular flexibility index (Phi) is 4.55. The van der Waals surface area contributed by atoms with Crippen LogP contribution in [0.3, 0.4) is 0 Å². The molecule has 3 rings (SSSR count). The highest BCUT2D eigenvalue weighted by Gasteiger charge is 2.15. The van der Waals surface area contributed by atoms with E-state index in [0.717, 1.165) is 5.69 Å². The second-order valence-corrected chi connectivity index (χ2v) is 5.76. The molecule has 21 heavy (non-hydrogen) atoms. The van der Waals surface area contributed by atoms with Crippen LogP contribution in [0.2, 0.25) is 0 Å². The molecule has 1 aromatic heterocycles. The Morgan fingerprint density at radius 1 is 1.29 bits per heavy atom. The minimum Gasteiger partial charge on any atom is -0.382 e. The van der Waals surface area contributed by atoms with E-state index in [-0.39, 0.29) is 0 Å². The van der Waals surface area contributed by atoms with Gasteiger partial charge in [0, 0.05) is 30.0 Å². The molecule has 112 valence electrons. The van der Waals surface area contributed by atoms with Gasteiger partial charge in [0.15, 0.2) is 0 Å². The maximum atomic E-state index is 4.02. The first kappa shape index (κ1) is 14.1. The molecule has 1 unspecified atom stereocenters. The van der Waals surface area contributed by atoms with Crippen molar-refractivity contribution >= 4 is 5.69 Å². The summed E-state index contributed by atoms with van der Waals surface area (Å²) >= 11 is 0. The highest BCUT2D eigenvalue weighted by molar-refractivity contribution is 5.64. The number of aromatic amines is 1. The Morgan fingerprint density at radius 3 is 3.05 bits per heavy atom. The van der Waals surface area contributed by atoms with Crippen molar-refractivity contribution in [2.75, 3.05) is 25.0 Å². The van der Waals surface area contributed by atoms with E-state index < -0.39 is 0 Å². The van der Waals surface area contributed by atoms with Crippen molar-refractivity contribution in [3.8, 4) is 11.3 Å². The van der Waals surface area contributed by atoms with Gasteiger partial charge in [0.2, 0.25) is 0 Å². The van der Waals surface area contributed by atoms with Gasteiger partial charge in [0.05, 0.1) is 5.69 Å². The minimum atomic E-state index is 0.582. The summed E-state index contributed by atoms with van der Waals surface area (Å²) in [4.78, 5) is 2.54. The van der Waals surface area contributed by atoms with Crippen LogP contribution < -0.4 is 5.32 Å². The normalized spacial score (nSPS) is 20.1. The molecule has 0 radical (unpaired) electrons. The maximum absolute atomic E-state index is 4.02. The largest absolute Gasteiger partial charge is 0.382 e. The van der Waals surface area contributed by atoms with Gasteiger partial charge < -0.3 is 10.2 Å². The monoisotopic (exact) mass is 284 g/mol. The van der Waals surface area contributed by atoms with Gasteiger partial charge in [-0.25, -0.2) is 0 Å². The number of hydrogen-bond acceptors (Lipinski definition) is 3. The second kappa shape index (κ2) is 6.76. The Balaban J connectivity index is 1.66. The minimum absolute atomic E-state index is 0.582. The molecule has 1 fully saturated rings. The van der Waals surface area contributed by atoms with Crippen LogP contribution in [0.1, 0.15) is 26.2 Å². The molecule has 4 heteroatoms. The highest BCUT2D eigenvalue weighted by atomic mass is 15.1. The number of anilines is 1. The molecule has 0 saturated carbocycles. The third kappa shape index (κ3) is 3.64. The van der Waals surface area contributed by atoms with Crippen LogP contribution in [0.25, 0.3) is 11.3 Å². The number of rotatable bonds is 4. The van der Waals surface area contributed by atoms with E-state index in [1.165, 1.54) is 50.1 Å². The van der Waals surface area contributed by atoms with Crippen molar-refractivity contribution < 1.29 is 0 Å². The molecule has 1 atom stereocenters. The molecule has 1 aliphatic heterocycles. The third-order valence-corrected chi connectivity index (χ3v) is 4.31. The van der Waals surface area contributed by atoms with Gasteiger partial charge in [0.25, 0.3) is 0 Å². The zero-order chi connectivity index (χ0) is 14.5. The first-order valence-electron chi connectivity index (χ1n) is 7.94. The number of aromatic nitrogens is 2. The second-order valence-electron chi connectivity index (χ2n) is 5.76.